The van der Waals surface area contributed by atoms with Gasteiger partial charge in [0, 0.05) is 0 Å². The molecule has 0 amide bonds. The lowest BCUT2D eigenvalue weighted by Crippen LogP contribution is -2.07. The lowest BCUT2D eigenvalue weighted by molar-refractivity contribution is -0.141. The molecule has 2 rings (SSSR count). The van der Waals surface area contributed by atoms with Gasteiger partial charge in [0.05, 0.1) is 5.75 Å². The van der Waals surface area contributed by atoms with Crippen LogP contribution in [-0.2, 0) is 16.1 Å². The first-order valence-corrected chi connectivity index (χ1v) is 6.23. The maximum atomic E-state index is 11.5. The Morgan fingerprint density at radius 2 is 2.17 bits per heavy atom. The minimum atomic E-state index is -0.313. The van der Waals surface area contributed by atoms with Gasteiger partial charge < -0.3 is 10.5 Å². The Bertz CT molecular complexity index is 515. The van der Waals surface area contributed by atoms with Gasteiger partial charge in [-0.25, -0.2) is 5.10 Å². The standard InChI is InChI=1S/C11H12N4O2S/c12-10-13-11(15-14-10)18-7-9(16)17-6-8-4-2-1-3-5-8/h1-5H,6-7H2,(H3,12,13,14,15). The third-order valence-electron chi connectivity index (χ3n) is 2.04. The van der Waals surface area contributed by atoms with Crippen molar-refractivity contribution in [2.75, 3.05) is 11.5 Å². The number of nitrogens with one attached hydrogen (secondary N) is 1. The molecule has 0 aliphatic rings. The molecule has 1 aromatic carbocycles. The maximum Gasteiger partial charge on any atom is 0.316 e. The summed E-state index contributed by atoms with van der Waals surface area (Å²) in [5.74, 6) is 0.0757. The molecule has 7 heteroatoms. The van der Waals surface area contributed by atoms with E-state index in [1.165, 1.54) is 11.8 Å². The number of aromatic nitrogens is 3. The number of anilines is 1. The molecule has 0 fully saturated rings. The molecule has 0 saturated carbocycles. The quantitative estimate of drug-likeness (QED) is 0.623. The van der Waals surface area contributed by atoms with Gasteiger partial charge in [-0.1, -0.05) is 42.1 Å². The summed E-state index contributed by atoms with van der Waals surface area (Å²) < 4.78 is 5.10. The summed E-state index contributed by atoms with van der Waals surface area (Å²) in [6.45, 7) is 0.274. The number of nitrogens with zero attached hydrogens (tertiary/aromatic N) is 2. The molecule has 18 heavy (non-hydrogen) atoms. The third-order valence-corrected chi connectivity index (χ3v) is 2.86. The highest BCUT2D eigenvalue weighted by Crippen LogP contribution is 2.13. The largest absolute Gasteiger partial charge is 0.460 e. The number of esters is 1. The first-order chi connectivity index (χ1) is 8.74. The van der Waals surface area contributed by atoms with Crippen molar-refractivity contribution < 1.29 is 9.53 Å². The molecule has 0 radical (unpaired) electrons. The van der Waals surface area contributed by atoms with Gasteiger partial charge in [-0.05, 0) is 5.56 Å². The van der Waals surface area contributed by atoms with E-state index < -0.39 is 0 Å². The van der Waals surface area contributed by atoms with Gasteiger partial charge >= 0.3 is 5.97 Å². The minimum Gasteiger partial charge on any atom is -0.460 e. The molecule has 0 aliphatic carbocycles. The first kappa shape index (κ1) is 12.4. The monoisotopic (exact) mass is 264 g/mol. The second-order valence-corrected chi connectivity index (χ2v) is 4.38. The molecule has 94 valence electrons. The number of H-pyrrole nitrogens is 1. The summed E-state index contributed by atoms with van der Waals surface area (Å²) in [4.78, 5) is 15.3. The Balaban J connectivity index is 1.73. The second-order valence-electron chi connectivity index (χ2n) is 3.44. The number of benzene rings is 1. The van der Waals surface area contributed by atoms with Crippen molar-refractivity contribution in [1.82, 2.24) is 15.2 Å². The zero-order valence-electron chi connectivity index (χ0n) is 9.50. The van der Waals surface area contributed by atoms with E-state index in [2.05, 4.69) is 15.2 Å². The number of carbonyl (C=O) groups is 1. The van der Waals surface area contributed by atoms with Crippen LogP contribution in [0.2, 0.25) is 0 Å². The zero-order chi connectivity index (χ0) is 12.8. The average Bonchev–Trinajstić information content (AvgIpc) is 2.81. The van der Waals surface area contributed by atoms with Crippen molar-refractivity contribution in [2.45, 2.75) is 11.8 Å². The molecule has 0 saturated heterocycles. The summed E-state index contributed by atoms with van der Waals surface area (Å²) in [5.41, 5.74) is 6.32. The fourth-order valence-electron chi connectivity index (χ4n) is 1.23. The molecule has 6 nitrogen and oxygen atoms in total. The molecule has 1 aromatic heterocycles. The molecule has 1 heterocycles. The Morgan fingerprint density at radius 1 is 1.39 bits per heavy atom. The maximum absolute atomic E-state index is 11.5. The smallest absolute Gasteiger partial charge is 0.316 e. The van der Waals surface area contributed by atoms with E-state index in [1.54, 1.807) is 0 Å². The highest BCUT2D eigenvalue weighted by Gasteiger charge is 2.07. The fraction of sp³-hybridized carbons (Fsp3) is 0.182. The van der Waals surface area contributed by atoms with Crippen LogP contribution in [0.3, 0.4) is 0 Å². The van der Waals surface area contributed by atoms with Crippen LogP contribution < -0.4 is 5.73 Å². The third kappa shape index (κ3) is 3.77. The normalized spacial score (nSPS) is 10.2. The Kier molecular flexibility index (Phi) is 4.19. The van der Waals surface area contributed by atoms with Crippen LogP contribution in [0.1, 0.15) is 5.56 Å². The number of nitrogen functional groups attached to an aromatic ring is 1. The van der Waals surface area contributed by atoms with Gasteiger partial charge in [0.1, 0.15) is 6.61 Å². The molecular weight excluding hydrogens is 252 g/mol. The Morgan fingerprint density at radius 3 is 2.83 bits per heavy atom. The summed E-state index contributed by atoms with van der Waals surface area (Å²) in [7, 11) is 0. The number of hydrogen-bond donors (Lipinski definition) is 2. The summed E-state index contributed by atoms with van der Waals surface area (Å²) in [5, 5.41) is 6.73. The van der Waals surface area contributed by atoms with E-state index in [1.807, 2.05) is 30.3 Å². The minimum absolute atomic E-state index is 0.157. The highest BCUT2D eigenvalue weighted by atomic mass is 32.2. The fourth-order valence-corrected chi connectivity index (χ4v) is 1.83. The van der Waals surface area contributed by atoms with Crippen LogP contribution in [0.5, 0.6) is 0 Å². The van der Waals surface area contributed by atoms with E-state index in [0.29, 0.717) is 5.16 Å². The van der Waals surface area contributed by atoms with Crippen LogP contribution in [0, 0.1) is 0 Å². The topological polar surface area (TPSA) is 93.9 Å². The number of nitrogens with two attached hydrogens (primary N) is 1. The van der Waals surface area contributed by atoms with Gasteiger partial charge in [0.25, 0.3) is 0 Å². The zero-order valence-corrected chi connectivity index (χ0v) is 10.3. The lowest BCUT2D eigenvalue weighted by Gasteiger charge is -2.03. The van der Waals surface area contributed by atoms with Crippen molar-refractivity contribution in [1.29, 1.82) is 0 Å². The SMILES string of the molecule is Nc1nc(SCC(=O)OCc2ccccc2)n[nH]1. The van der Waals surface area contributed by atoms with Gasteiger partial charge in [-0.3, -0.25) is 4.79 Å². The van der Waals surface area contributed by atoms with Crippen molar-refractivity contribution in [2.24, 2.45) is 0 Å². The van der Waals surface area contributed by atoms with Crippen LogP contribution >= 0.6 is 11.8 Å². The van der Waals surface area contributed by atoms with Gasteiger partial charge in [0.2, 0.25) is 11.1 Å². The summed E-state index contributed by atoms with van der Waals surface area (Å²) >= 11 is 1.18. The van der Waals surface area contributed by atoms with Crippen LogP contribution in [0.15, 0.2) is 35.5 Å². The molecule has 0 unspecified atom stereocenters. The molecule has 2 aromatic rings. The summed E-state index contributed by atoms with van der Waals surface area (Å²) in [6, 6.07) is 9.50. The second kappa shape index (κ2) is 6.06. The van der Waals surface area contributed by atoms with Gasteiger partial charge in [0.15, 0.2) is 0 Å². The average molecular weight is 264 g/mol. The number of hydrogen-bond acceptors (Lipinski definition) is 6. The molecule has 3 N–H and O–H groups in total. The number of ether oxygens (including phenoxy) is 1. The van der Waals surface area contributed by atoms with E-state index in [9.17, 15) is 4.79 Å². The van der Waals surface area contributed by atoms with Crippen LogP contribution in [0.25, 0.3) is 0 Å². The number of carbonyl (C=O) groups excluding carboxylic acids is 1. The molecule has 0 atom stereocenters. The molecular formula is C11H12N4O2S. The van der Waals surface area contributed by atoms with Crippen molar-refractivity contribution in [3.8, 4) is 0 Å². The molecule has 0 bridgehead atoms. The van der Waals surface area contributed by atoms with Gasteiger partial charge in [-0.15, -0.1) is 5.10 Å². The predicted octanol–water partition coefficient (Wildman–Crippen LogP) is 1.22. The molecule has 0 aliphatic heterocycles. The number of thioether (sulfide) groups is 1. The van der Waals surface area contributed by atoms with Crippen molar-refractivity contribution >= 4 is 23.7 Å². The molecule has 0 spiro atoms. The first-order valence-electron chi connectivity index (χ1n) is 5.24. The highest BCUT2D eigenvalue weighted by molar-refractivity contribution is 7.99. The van der Waals surface area contributed by atoms with E-state index >= 15 is 0 Å². The number of aromatic amines is 1. The predicted molar refractivity (Wildman–Crippen MR) is 67.8 cm³/mol. The van der Waals surface area contributed by atoms with Crippen LogP contribution in [0.4, 0.5) is 5.95 Å². The lowest BCUT2D eigenvalue weighted by atomic mass is 10.2. The van der Waals surface area contributed by atoms with Gasteiger partial charge in [-0.2, -0.15) is 4.98 Å². The van der Waals surface area contributed by atoms with E-state index in [-0.39, 0.29) is 24.3 Å². The van der Waals surface area contributed by atoms with E-state index in [0.717, 1.165) is 5.56 Å². The van der Waals surface area contributed by atoms with Crippen molar-refractivity contribution in [3.05, 3.63) is 35.9 Å². The van der Waals surface area contributed by atoms with Crippen LogP contribution in [-0.4, -0.2) is 26.9 Å². The Labute approximate surface area is 108 Å². The Hall–Kier alpha value is -2.02. The van der Waals surface area contributed by atoms with Crippen molar-refractivity contribution in [3.63, 3.8) is 0 Å². The number of rotatable bonds is 5. The summed E-state index contributed by atoms with van der Waals surface area (Å²) in [6.07, 6.45) is 0. The van der Waals surface area contributed by atoms with E-state index in [4.69, 9.17) is 10.5 Å².